The first kappa shape index (κ1) is 20.5. The van der Waals surface area contributed by atoms with Gasteiger partial charge in [0.25, 0.3) is 0 Å². The third-order valence-corrected chi connectivity index (χ3v) is 6.65. The summed E-state index contributed by atoms with van der Waals surface area (Å²) in [5.41, 5.74) is 5.61. The lowest BCUT2D eigenvalue weighted by molar-refractivity contribution is -0.132. The molecule has 4 aromatic rings. The van der Waals surface area contributed by atoms with Crippen LogP contribution >= 0.6 is 0 Å². The van der Waals surface area contributed by atoms with Crippen LogP contribution < -0.4 is 0 Å². The molecule has 1 atom stereocenters. The van der Waals surface area contributed by atoms with Gasteiger partial charge >= 0.3 is 0 Å². The van der Waals surface area contributed by atoms with Gasteiger partial charge in [0.1, 0.15) is 5.82 Å². The molecule has 0 saturated heterocycles. The van der Waals surface area contributed by atoms with Gasteiger partial charge in [0, 0.05) is 49.1 Å². The summed E-state index contributed by atoms with van der Waals surface area (Å²) >= 11 is 0. The first-order chi connectivity index (χ1) is 15.6. The van der Waals surface area contributed by atoms with Crippen molar-refractivity contribution in [3.05, 3.63) is 107 Å². The smallest absolute Gasteiger partial charge is 0.223 e. The highest BCUT2D eigenvalue weighted by molar-refractivity contribution is 5.86. The van der Waals surface area contributed by atoms with Crippen molar-refractivity contribution < 1.29 is 9.18 Å². The number of amides is 1. The van der Waals surface area contributed by atoms with Crippen LogP contribution in [0.25, 0.3) is 10.9 Å². The predicted molar refractivity (Wildman–Crippen MR) is 126 cm³/mol. The van der Waals surface area contributed by atoms with E-state index in [0.29, 0.717) is 13.0 Å². The molecule has 0 bridgehead atoms. The summed E-state index contributed by atoms with van der Waals surface area (Å²) in [5.74, 6) is -0.360. The van der Waals surface area contributed by atoms with Gasteiger partial charge in [-0.25, -0.2) is 4.39 Å². The number of aryl methyl sites for hydroxylation is 1. The highest BCUT2D eigenvalue weighted by atomic mass is 19.1. The molecule has 162 valence electrons. The zero-order valence-corrected chi connectivity index (χ0v) is 18.3. The molecule has 3 aromatic carbocycles. The van der Waals surface area contributed by atoms with Gasteiger partial charge in [0.05, 0.1) is 0 Å². The van der Waals surface area contributed by atoms with Crippen LogP contribution in [0.5, 0.6) is 0 Å². The molecule has 2 heterocycles. The van der Waals surface area contributed by atoms with E-state index in [1.165, 1.54) is 17.2 Å². The van der Waals surface area contributed by atoms with E-state index in [0.717, 1.165) is 41.5 Å². The Bertz CT molecular complexity index is 1280. The lowest BCUT2D eigenvalue weighted by atomic mass is 9.87. The zero-order valence-electron chi connectivity index (χ0n) is 18.3. The first-order valence-corrected chi connectivity index (χ1v) is 11.3. The number of fused-ring (bicyclic) bond motifs is 2. The molecule has 0 spiro atoms. The van der Waals surface area contributed by atoms with Gasteiger partial charge in [0.2, 0.25) is 5.91 Å². The van der Waals surface area contributed by atoms with Crippen molar-refractivity contribution in [2.45, 2.75) is 38.8 Å². The third-order valence-electron chi connectivity index (χ3n) is 6.65. The topological polar surface area (TPSA) is 25.2 Å². The molecule has 1 aromatic heterocycles. The molecular weight excluding hydrogens is 399 g/mol. The molecule has 1 aliphatic rings. The Morgan fingerprint density at radius 1 is 1.00 bits per heavy atom. The van der Waals surface area contributed by atoms with Gasteiger partial charge in [-0.1, -0.05) is 54.6 Å². The van der Waals surface area contributed by atoms with Crippen molar-refractivity contribution in [2.75, 3.05) is 6.54 Å². The largest absolute Gasteiger partial charge is 0.347 e. The molecule has 0 radical (unpaired) electrons. The molecule has 4 heteroatoms. The molecule has 0 saturated carbocycles. The molecule has 32 heavy (non-hydrogen) atoms. The Balaban J connectivity index is 1.51. The van der Waals surface area contributed by atoms with Gasteiger partial charge in [-0.15, -0.1) is 0 Å². The van der Waals surface area contributed by atoms with E-state index >= 15 is 0 Å². The molecule has 0 aliphatic carbocycles. The summed E-state index contributed by atoms with van der Waals surface area (Å²) in [6.07, 6.45) is 3.34. The minimum Gasteiger partial charge on any atom is -0.347 e. The fourth-order valence-corrected chi connectivity index (χ4v) is 4.96. The molecular formula is C28H27FN2O. The highest BCUT2D eigenvalue weighted by Gasteiger charge is 2.27. The summed E-state index contributed by atoms with van der Waals surface area (Å²) in [5, 5.41) is 1.13. The summed E-state index contributed by atoms with van der Waals surface area (Å²) in [4.78, 5) is 15.4. The Morgan fingerprint density at radius 2 is 1.78 bits per heavy atom. The second-order valence-corrected chi connectivity index (χ2v) is 8.53. The van der Waals surface area contributed by atoms with Gasteiger partial charge in [0.15, 0.2) is 0 Å². The lowest BCUT2D eigenvalue weighted by Gasteiger charge is -2.30. The third kappa shape index (κ3) is 3.81. The zero-order chi connectivity index (χ0) is 22.1. The average Bonchev–Trinajstić information content (AvgIpc) is 3.20. The van der Waals surface area contributed by atoms with Gasteiger partial charge in [-0.3, -0.25) is 4.79 Å². The SMILES string of the molecule is CCn1cc(C(CC(=O)N2CCc3ccccc3C2)c2cccc(F)c2)c2ccccc21. The Kier molecular flexibility index (Phi) is 5.52. The monoisotopic (exact) mass is 426 g/mol. The van der Waals surface area contributed by atoms with E-state index in [1.807, 2.05) is 29.2 Å². The lowest BCUT2D eigenvalue weighted by Crippen LogP contribution is -2.36. The van der Waals surface area contributed by atoms with Crippen LogP contribution in [0.1, 0.15) is 41.5 Å². The Hall–Kier alpha value is -3.40. The quantitative estimate of drug-likeness (QED) is 0.390. The van der Waals surface area contributed by atoms with Crippen LogP contribution in [0.2, 0.25) is 0 Å². The number of benzene rings is 3. The van der Waals surface area contributed by atoms with Crippen LogP contribution in [0.15, 0.2) is 79.0 Å². The van der Waals surface area contributed by atoms with E-state index in [2.05, 4.69) is 48.0 Å². The number of hydrogen-bond donors (Lipinski definition) is 0. The van der Waals surface area contributed by atoms with Crippen LogP contribution in [0.4, 0.5) is 4.39 Å². The van der Waals surface area contributed by atoms with Crippen molar-refractivity contribution in [2.24, 2.45) is 0 Å². The summed E-state index contributed by atoms with van der Waals surface area (Å²) in [7, 11) is 0. The number of carbonyl (C=O) groups is 1. The maximum atomic E-state index is 14.2. The standard InChI is InChI=1S/C28H27FN2O/c1-2-30-19-26(24-12-5-6-13-27(24)30)25(21-10-7-11-23(29)16-21)17-28(32)31-15-14-20-8-3-4-9-22(20)18-31/h3-13,16,19,25H,2,14-15,17-18H2,1H3. The number of rotatable bonds is 5. The van der Waals surface area contributed by atoms with Crippen molar-refractivity contribution in [3.8, 4) is 0 Å². The summed E-state index contributed by atoms with van der Waals surface area (Å²) in [6.45, 7) is 4.32. The number of aromatic nitrogens is 1. The molecule has 1 aliphatic heterocycles. The van der Waals surface area contributed by atoms with E-state index in [1.54, 1.807) is 12.1 Å². The van der Waals surface area contributed by atoms with Crippen LogP contribution in [0, 0.1) is 5.82 Å². The molecule has 5 rings (SSSR count). The number of para-hydroxylation sites is 1. The van der Waals surface area contributed by atoms with Gasteiger partial charge < -0.3 is 9.47 Å². The molecule has 1 unspecified atom stereocenters. The average molecular weight is 427 g/mol. The highest BCUT2D eigenvalue weighted by Crippen LogP contribution is 2.36. The van der Waals surface area contributed by atoms with E-state index in [9.17, 15) is 9.18 Å². The molecule has 0 fully saturated rings. The second-order valence-electron chi connectivity index (χ2n) is 8.53. The summed E-state index contributed by atoms with van der Waals surface area (Å²) in [6, 6.07) is 23.3. The van der Waals surface area contributed by atoms with E-state index in [4.69, 9.17) is 0 Å². The van der Waals surface area contributed by atoms with E-state index < -0.39 is 0 Å². The number of halogens is 1. The molecule has 0 N–H and O–H groups in total. The van der Waals surface area contributed by atoms with Crippen molar-refractivity contribution >= 4 is 16.8 Å². The van der Waals surface area contributed by atoms with Crippen molar-refractivity contribution in [1.82, 2.24) is 9.47 Å². The summed E-state index contributed by atoms with van der Waals surface area (Å²) < 4.78 is 16.4. The van der Waals surface area contributed by atoms with Gasteiger partial charge in [-0.2, -0.15) is 0 Å². The van der Waals surface area contributed by atoms with Crippen LogP contribution in [-0.4, -0.2) is 21.9 Å². The minimum atomic E-state index is -0.272. The normalized spacial score (nSPS) is 14.4. The first-order valence-electron chi connectivity index (χ1n) is 11.3. The number of nitrogens with zero attached hydrogens (tertiary/aromatic N) is 2. The van der Waals surface area contributed by atoms with Crippen molar-refractivity contribution in [1.29, 1.82) is 0 Å². The predicted octanol–water partition coefficient (Wildman–Crippen LogP) is 5.91. The number of hydrogen-bond acceptors (Lipinski definition) is 1. The van der Waals surface area contributed by atoms with E-state index in [-0.39, 0.29) is 17.6 Å². The minimum absolute atomic E-state index is 0.113. The van der Waals surface area contributed by atoms with Crippen LogP contribution in [-0.2, 0) is 24.3 Å². The van der Waals surface area contributed by atoms with Crippen molar-refractivity contribution in [3.63, 3.8) is 0 Å². The van der Waals surface area contributed by atoms with Crippen LogP contribution in [0.3, 0.4) is 0 Å². The molecule has 3 nitrogen and oxygen atoms in total. The van der Waals surface area contributed by atoms with Gasteiger partial charge in [-0.05, 0) is 53.8 Å². The fourth-order valence-electron chi connectivity index (χ4n) is 4.96. The second kappa shape index (κ2) is 8.62. The maximum absolute atomic E-state index is 14.2. The fraction of sp³-hybridized carbons (Fsp3) is 0.250. The maximum Gasteiger partial charge on any atom is 0.223 e. The Labute approximate surface area is 188 Å². The number of carbonyl (C=O) groups excluding carboxylic acids is 1. The molecule has 1 amide bonds. The Morgan fingerprint density at radius 3 is 2.59 bits per heavy atom.